The van der Waals surface area contributed by atoms with Crippen LogP contribution in [0.15, 0.2) is 53.8 Å². The quantitative estimate of drug-likeness (QED) is 0.211. The Morgan fingerprint density at radius 1 is 1.29 bits per heavy atom. The van der Waals surface area contributed by atoms with Crippen molar-refractivity contribution in [2.45, 2.75) is 24.8 Å². The second-order valence-electron chi connectivity index (χ2n) is 6.39. The lowest BCUT2D eigenvalue weighted by Crippen LogP contribution is -2.16. The number of hydrogen-bond donors (Lipinski definition) is 1. The fraction of sp³-hybridized carbons (Fsp3) is 0.190. The smallest absolute Gasteiger partial charge is 0.296 e. The molecule has 1 N–H and O–H groups in total. The normalized spacial score (nSPS) is 10.5. The van der Waals surface area contributed by atoms with Crippen molar-refractivity contribution in [2.24, 2.45) is 0 Å². The first-order chi connectivity index (χ1) is 14.9. The van der Waals surface area contributed by atoms with Gasteiger partial charge in [-0.15, -0.1) is 0 Å². The number of aryl methyl sites for hydroxylation is 1. The summed E-state index contributed by atoms with van der Waals surface area (Å²) in [6, 6.07) is 12.1. The maximum Gasteiger partial charge on any atom is 0.296 e. The lowest BCUT2D eigenvalue weighted by molar-refractivity contribution is -0.384. The van der Waals surface area contributed by atoms with Gasteiger partial charge in [-0.25, -0.2) is 9.97 Å². The van der Waals surface area contributed by atoms with Crippen molar-refractivity contribution in [3.05, 3.63) is 80.6 Å². The van der Waals surface area contributed by atoms with Crippen LogP contribution >= 0.6 is 23.4 Å². The van der Waals surface area contributed by atoms with E-state index in [2.05, 4.69) is 15.3 Å². The number of nitro benzene ring substituents is 1. The third kappa shape index (κ3) is 5.71. The van der Waals surface area contributed by atoms with E-state index in [-0.39, 0.29) is 22.1 Å². The maximum atomic E-state index is 12.8. The standard InChI is InChI=1S/C21H19ClN4O4S/c1-3-30-15-8-9-17(18(10-15)26(28)29)24-20(27)19-16(22)11-23-21(25-19)31-12-14-7-5-4-6-13(14)2/h4-11H,3,12H2,1-2H3,(H,24,27). The third-order valence-electron chi connectivity index (χ3n) is 4.28. The number of halogens is 1. The van der Waals surface area contributed by atoms with Crippen LogP contribution in [0.5, 0.6) is 5.75 Å². The SMILES string of the molecule is CCOc1ccc(NC(=O)c2nc(SCc3ccccc3C)ncc2Cl)c([N+](=O)[O-])c1. The Hall–Kier alpha value is -3.17. The molecule has 1 amide bonds. The van der Waals surface area contributed by atoms with E-state index in [0.29, 0.717) is 23.3 Å². The van der Waals surface area contributed by atoms with Gasteiger partial charge in [-0.3, -0.25) is 14.9 Å². The summed E-state index contributed by atoms with van der Waals surface area (Å²) in [6.45, 7) is 4.15. The molecule has 0 unspecified atom stereocenters. The first-order valence-corrected chi connectivity index (χ1v) is 10.7. The highest BCUT2D eigenvalue weighted by Gasteiger charge is 2.21. The van der Waals surface area contributed by atoms with Crippen molar-refractivity contribution in [1.82, 2.24) is 9.97 Å². The average molecular weight is 459 g/mol. The molecule has 0 spiro atoms. The second kappa shape index (κ2) is 10.2. The molecular formula is C21H19ClN4O4S. The van der Waals surface area contributed by atoms with E-state index in [1.807, 2.05) is 31.2 Å². The number of thioether (sulfide) groups is 1. The molecule has 1 heterocycles. The molecule has 160 valence electrons. The zero-order valence-electron chi connectivity index (χ0n) is 16.8. The first kappa shape index (κ1) is 22.5. The minimum absolute atomic E-state index is 0.0160. The van der Waals surface area contributed by atoms with Gasteiger partial charge in [-0.2, -0.15) is 0 Å². The number of carbonyl (C=O) groups excluding carboxylic acids is 1. The number of rotatable bonds is 8. The summed E-state index contributed by atoms with van der Waals surface area (Å²) in [4.78, 5) is 32.0. The molecule has 2 aromatic carbocycles. The second-order valence-corrected chi connectivity index (χ2v) is 7.74. The Morgan fingerprint density at radius 3 is 2.77 bits per heavy atom. The van der Waals surface area contributed by atoms with Gasteiger partial charge in [0.15, 0.2) is 10.9 Å². The molecule has 3 rings (SSSR count). The Balaban J connectivity index is 1.79. The maximum absolute atomic E-state index is 12.8. The van der Waals surface area contributed by atoms with E-state index in [1.165, 1.54) is 36.2 Å². The number of ether oxygens (including phenoxy) is 1. The molecule has 0 saturated carbocycles. The number of aromatic nitrogens is 2. The predicted octanol–water partition coefficient (Wildman–Crippen LogP) is 5.29. The van der Waals surface area contributed by atoms with Crippen LogP contribution in [0.1, 0.15) is 28.5 Å². The van der Waals surface area contributed by atoms with Crippen molar-refractivity contribution in [2.75, 3.05) is 11.9 Å². The Morgan fingerprint density at radius 2 is 2.06 bits per heavy atom. The zero-order chi connectivity index (χ0) is 22.4. The molecule has 0 aliphatic carbocycles. The van der Waals surface area contributed by atoms with Crippen LogP contribution in [0.4, 0.5) is 11.4 Å². The van der Waals surface area contributed by atoms with Crippen LogP contribution in [0.2, 0.25) is 5.02 Å². The van der Waals surface area contributed by atoms with E-state index in [1.54, 1.807) is 6.92 Å². The zero-order valence-corrected chi connectivity index (χ0v) is 18.4. The van der Waals surface area contributed by atoms with Crippen molar-refractivity contribution < 1.29 is 14.5 Å². The first-order valence-electron chi connectivity index (χ1n) is 9.31. The number of nitro groups is 1. The average Bonchev–Trinajstić information content (AvgIpc) is 2.75. The number of anilines is 1. The molecule has 0 atom stereocenters. The van der Waals surface area contributed by atoms with E-state index >= 15 is 0 Å². The van der Waals surface area contributed by atoms with Crippen molar-refractivity contribution in [3.63, 3.8) is 0 Å². The van der Waals surface area contributed by atoms with Crippen LogP contribution in [0, 0.1) is 17.0 Å². The molecule has 3 aromatic rings. The van der Waals surface area contributed by atoms with Crippen LogP contribution in [-0.4, -0.2) is 27.4 Å². The van der Waals surface area contributed by atoms with E-state index in [4.69, 9.17) is 16.3 Å². The fourth-order valence-corrected chi connectivity index (χ4v) is 3.77. The van der Waals surface area contributed by atoms with Crippen molar-refractivity contribution in [1.29, 1.82) is 0 Å². The van der Waals surface area contributed by atoms with Crippen molar-refractivity contribution >= 4 is 40.6 Å². The van der Waals surface area contributed by atoms with Crippen molar-refractivity contribution in [3.8, 4) is 5.75 Å². The summed E-state index contributed by atoms with van der Waals surface area (Å²) >= 11 is 7.48. The molecule has 0 fully saturated rings. The molecule has 10 heteroatoms. The number of nitrogens with zero attached hydrogens (tertiary/aromatic N) is 3. The molecule has 1 aromatic heterocycles. The van der Waals surface area contributed by atoms with Gasteiger partial charge in [0.05, 0.1) is 28.8 Å². The number of amides is 1. The van der Waals surface area contributed by atoms with Gasteiger partial charge in [0.25, 0.3) is 11.6 Å². The number of benzene rings is 2. The largest absolute Gasteiger partial charge is 0.494 e. The number of carbonyl (C=O) groups is 1. The lowest BCUT2D eigenvalue weighted by Gasteiger charge is -2.10. The highest BCUT2D eigenvalue weighted by Crippen LogP contribution is 2.30. The monoisotopic (exact) mass is 458 g/mol. The van der Waals surface area contributed by atoms with Gasteiger partial charge >= 0.3 is 0 Å². The molecule has 0 aliphatic rings. The number of nitrogens with one attached hydrogen (secondary N) is 1. The summed E-state index contributed by atoms with van der Waals surface area (Å²) in [7, 11) is 0. The van der Waals surface area contributed by atoms with Crippen LogP contribution in [-0.2, 0) is 5.75 Å². The Bertz CT molecular complexity index is 1130. The summed E-state index contributed by atoms with van der Waals surface area (Å²) < 4.78 is 5.29. The van der Waals surface area contributed by atoms with Crippen LogP contribution in [0.3, 0.4) is 0 Å². The fourth-order valence-electron chi connectivity index (χ4n) is 2.70. The Kier molecular flexibility index (Phi) is 7.43. The van der Waals surface area contributed by atoms with Gasteiger partial charge in [-0.05, 0) is 37.1 Å². The molecule has 0 bridgehead atoms. The molecule has 0 aliphatic heterocycles. The highest BCUT2D eigenvalue weighted by atomic mass is 35.5. The molecule has 0 radical (unpaired) electrons. The summed E-state index contributed by atoms with van der Waals surface area (Å²) in [6.07, 6.45) is 1.34. The minimum atomic E-state index is -0.669. The van der Waals surface area contributed by atoms with Gasteiger partial charge in [0.1, 0.15) is 11.4 Å². The number of hydrogen-bond acceptors (Lipinski definition) is 7. The molecular weight excluding hydrogens is 440 g/mol. The van der Waals surface area contributed by atoms with Gasteiger partial charge in [0.2, 0.25) is 0 Å². The molecule has 8 nitrogen and oxygen atoms in total. The van der Waals surface area contributed by atoms with E-state index < -0.39 is 10.8 Å². The predicted molar refractivity (Wildman–Crippen MR) is 120 cm³/mol. The van der Waals surface area contributed by atoms with Crippen LogP contribution < -0.4 is 10.1 Å². The summed E-state index contributed by atoms with van der Waals surface area (Å²) in [5, 5.41) is 14.3. The Labute approximate surface area is 188 Å². The van der Waals surface area contributed by atoms with E-state index in [0.717, 1.165) is 11.1 Å². The van der Waals surface area contributed by atoms with Gasteiger partial charge < -0.3 is 10.1 Å². The third-order valence-corrected chi connectivity index (χ3v) is 5.47. The molecule has 31 heavy (non-hydrogen) atoms. The summed E-state index contributed by atoms with van der Waals surface area (Å²) in [5.41, 5.74) is 1.93. The molecule has 0 saturated heterocycles. The van der Waals surface area contributed by atoms with Gasteiger partial charge in [-0.1, -0.05) is 47.6 Å². The topological polar surface area (TPSA) is 107 Å². The highest BCUT2D eigenvalue weighted by molar-refractivity contribution is 7.98. The van der Waals surface area contributed by atoms with E-state index in [9.17, 15) is 14.9 Å². The van der Waals surface area contributed by atoms with Gasteiger partial charge in [0, 0.05) is 5.75 Å². The lowest BCUT2D eigenvalue weighted by atomic mass is 10.1. The summed E-state index contributed by atoms with van der Waals surface area (Å²) in [5.74, 6) is 0.291. The van der Waals surface area contributed by atoms with Crippen LogP contribution in [0.25, 0.3) is 0 Å². The minimum Gasteiger partial charge on any atom is -0.494 e.